The molecule has 0 fully saturated rings. The number of amides is 2. The summed E-state index contributed by atoms with van der Waals surface area (Å²) in [4.78, 5) is 23.9. The first-order chi connectivity index (χ1) is 16.2. The Hall–Kier alpha value is -0.770. The van der Waals surface area contributed by atoms with Gasteiger partial charge in [0.1, 0.15) is 0 Å². The monoisotopic (exact) mass is 545 g/mol. The number of methoxy groups -OCH3 is 1. The van der Waals surface area contributed by atoms with Crippen LogP contribution in [0.15, 0.2) is 12.3 Å². The molecule has 11 heteroatoms. The molecular weight excluding hydrogens is 505 g/mol. The minimum absolute atomic E-state index is 0.0834. The van der Waals surface area contributed by atoms with Gasteiger partial charge in [-0.3, -0.25) is 9.59 Å². The number of hydrogen-bond acceptors (Lipinski definition) is 6. The van der Waals surface area contributed by atoms with Crippen molar-refractivity contribution in [3.8, 4) is 0 Å². The largest absolute Gasteiger partial charge is 0.386 e. The van der Waals surface area contributed by atoms with Gasteiger partial charge in [0.2, 0.25) is 11.8 Å². The van der Waals surface area contributed by atoms with Gasteiger partial charge in [-0.25, -0.2) is 0 Å². The van der Waals surface area contributed by atoms with Crippen LogP contribution in [0.25, 0.3) is 0 Å². The molecule has 2 amide bonds. The Kier molecular flexibility index (Phi) is 20.0. The number of carbonyl (C=O) groups excluding carboxylic acids is 2. The highest BCUT2D eigenvalue weighted by molar-refractivity contribution is 6.19. The van der Waals surface area contributed by atoms with Gasteiger partial charge in [-0.15, -0.1) is 34.8 Å². The van der Waals surface area contributed by atoms with Crippen LogP contribution < -0.4 is 16.0 Å². The normalized spacial score (nSPS) is 14.6. The summed E-state index contributed by atoms with van der Waals surface area (Å²) in [5, 5.41) is 9.06. The number of rotatable bonds is 22. The molecule has 0 radical (unpaired) electrons. The van der Waals surface area contributed by atoms with Crippen molar-refractivity contribution in [2.45, 2.75) is 51.2 Å². The zero-order chi connectivity index (χ0) is 25.8. The summed E-state index contributed by atoms with van der Waals surface area (Å²) in [7, 11) is 1.62. The van der Waals surface area contributed by atoms with Crippen molar-refractivity contribution in [2.75, 3.05) is 64.3 Å². The molecule has 0 aromatic carbocycles. The van der Waals surface area contributed by atoms with Gasteiger partial charge >= 0.3 is 0 Å². The molecule has 3 N–H and O–H groups in total. The molecule has 34 heavy (non-hydrogen) atoms. The molecule has 3 unspecified atom stereocenters. The smallest absolute Gasteiger partial charge is 0.221 e. The van der Waals surface area contributed by atoms with E-state index in [4.69, 9.17) is 49.0 Å². The van der Waals surface area contributed by atoms with Gasteiger partial charge < -0.3 is 30.2 Å². The number of alkyl halides is 3. The molecule has 200 valence electrons. The highest BCUT2D eigenvalue weighted by atomic mass is 35.5. The third-order valence-electron chi connectivity index (χ3n) is 5.14. The Bertz CT molecular complexity index is 586. The van der Waals surface area contributed by atoms with Gasteiger partial charge in [0, 0.05) is 62.8 Å². The van der Waals surface area contributed by atoms with Crippen LogP contribution in [0.1, 0.15) is 39.5 Å². The minimum Gasteiger partial charge on any atom is -0.386 e. The molecule has 0 aliphatic heterocycles. The van der Waals surface area contributed by atoms with Crippen LogP contribution in [0.3, 0.4) is 0 Å². The zero-order valence-electron chi connectivity index (χ0n) is 20.7. The van der Waals surface area contributed by atoms with Crippen molar-refractivity contribution >= 4 is 46.6 Å². The number of nitrogens with one attached hydrogen (secondary N) is 3. The van der Waals surface area contributed by atoms with Gasteiger partial charge in [-0.2, -0.15) is 0 Å². The third kappa shape index (κ3) is 16.0. The van der Waals surface area contributed by atoms with Crippen LogP contribution in [0.5, 0.6) is 0 Å². The van der Waals surface area contributed by atoms with E-state index >= 15 is 0 Å². The predicted molar refractivity (Wildman–Crippen MR) is 139 cm³/mol. The topological polar surface area (TPSA) is 97.9 Å². The van der Waals surface area contributed by atoms with Crippen LogP contribution in [-0.4, -0.2) is 87.7 Å². The second-order valence-corrected chi connectivity index (χ2v) is 9.41. The lowest BCUT2D eigenvalue weighted by molar-refractivity contribution is -0.126. The van der Waals surface area contributed by atoms with E-state index in [-0.39, 0.29) is 55.8 Å². The molecule has 0 saturated carbocycles. The van der Waals surface area contributed by atoms with Crippen molar-refractivity contribution in [3.63, 3.8) is 0 Å². The van der Waals surface area contributed by atoms with Crippen LogP contribution in [0, 0.1) is 5.92 Å². The van der Waals surface area contributed by atoms with Gasteiger partial charge in [0.25, 0.3) is 0 Å². The van der Waals surface area contributed by atoms with Gasteiger partial charge in [0.05, 0.1) is 38.1 Å². The summed E-state index contributed by atoms with van der Waals surface area (Å²) in [6, 6.07) is 0. The van der Waals surface area contributed by atoms with E-state index in [0.717, 1.165) is 5.70 Å². The maximum Gasteiger partial charge on any atom is 0.221 e. The molecule has 0 saturated heterocycles. The lowest BCUT2D eigenvalue weighted by atomic mass is 9.97. The predicted octanol–water partition coefficient (Wildman–Crippen LogP) is 3.04. The molecule has 0 aromatic rings. The summed E-state index contributed by atoms with van der Waals surface area (Å²) < 4.78 is 17.4. The van der Waals surface area contributed by atoms with E-state index < -0.39 is 5.54 Å². The molecule has 0 rings (SSSR count). The summed E-state index contributed by atoms with van der Waals surface area (Å²) in [5.41, 5.74) is 0.133. The van der Waals surface area contributed by atoms with Crippen LogP contribution >= 0.6 is 34.8 Å². The average molecular weight is 547 g/mol. The average Bonchev–Trinajstić information content (AvgIpc) is 2.80. The molecule has 0 aliphatic carbocycles. The maximum absolute atomic E-state index is 12.3. The van der Waals surface area contributed by atoms with Gasteiger partial charge in [0.15, 0.2) is 0 Å². The number of carbonyl (C=O) groups is 2. The standard InChI is InChI=1S/C23H42Cl3N3O5/c1-5-23(29-22(31)8-11-26,16-33-14-18(2)12-28-21(30)7-10-25)17-34-15-20(32-4)13-27-19(3)6-9-24/h18,20,27H,3,5-17H2,1-2,4H3,(H,28,30)(H,29,31). The van der Waals surface area contributed by atoms with Crippen molar-refractivity contribution in [1.82, 2.24) is 16.0 Å². The molecule has 3 atom stereocenters. The Balaban J connectivity index is 4.82. The SMILES string of the molecule is C=C(CCCl)NCC(COCC(CC)(COCC(C)CNC(=O)CCCl)NC(=O)CCCl)OC. The second-order valence-electron chi connectivity index (χ2n) is 8.28. The van der Waals surface area contributed by atoms with Crippen molar-refractivity contribution in [3.05, 3.63) is 12.3 Å². The van der Waals surface area contributed by atoms with Crippen molar-refractivity contribution < 1.29 is 23.8 Å². The maximum atomic E-state index is 12.3. The summed E-state index contributed by atoms with van der Waals surface area (Å²) in [6.45, 7) is 10.1. The molecular formula is C23H42Cl3N3O5. The third-order valence-corrected chi connectivity index (χ3v) is 5.71. The van der Waals surface area contributed by atoms with E-state index in [1.54, 1.807) is 7.11 Å². The first-order valence-electron chi connectivity index (χ1n) is 11.6. The Morgan fingerprint density at radius 3 is 2.06 bits per heavy atom. The molecule has 0 spiro atoms. The first kappa shape index (κ1) is 33.2. The van der Waals surface area contributed by atoms with Crippen LogP contribution in [0.2, 0.25) is 0 Å². The quantitative estimate of drug-likeness (QED) is 0.181. The molecule has 0 heterocycles. The lowest BCUT2D eigenvalue weighted by Gasteiger charge is -2.34. The second kappa shape index (κ2) is 20.4. The van der Waals surface area contributed by atoms with Crippen LogP contribution in [0.4, 0.5) is 0 Å². The highest BCUT2D eigenvalue weighted by Crippen LogP contribution is 2.14. The molecule has 0 aliphatic rings. The fraction of sp³-hybridized carbons (Fsp3) is 0.826. The fourth-order valence-electron chi connectivity index (χ4n) is 2.88. The molecule has 8 nitrogen and oxygen atoms in total. The van der Waals surface area contributed by atoms with Gasteiger partial charge in [-0.1, -0.05) is 20.4 Å². The van der Waals surface area contributed by atoms with E-state index in [1.165, 1.54) is 0 Å². The zero-order valence-corrected chi connectivity index (χ0v) is 23.0. The highest BCUT2D eigenvalue weighted by Gasteiger charge is 2.31. The van der Waals surface area contributed by atoms with E-state index in [2.05, 4.69) is 22.5 Å². The minimum atomic E-state index is -0.710. The number of hydrogen-bond donors (Lipinski definition) is 3. The Labute approximate surface area is 219 Å². The number of allylic oxidation sites excluding steroid dienone is 1. The van der Waals surface area contributed by atoms with E-state index in [1.807, 2.05) is 13.8 Å². The van der Waals surface area contributed by atoms with Crippen molar-refractivity contribution in [2.24, 2.45) is 5.92 Å². The van der Waals surface area contributed by atoms with Gasteiger partial charge in [-0.05, 0) is 12.3 Å². The Morgan fingerprint density at radius 1 is 0.912 bits per heavy atom. The Morgan fingerprint density at radius 2 is 1.50 bits per heavy atom. The molecule has 0 aromatic heterocycles. The van der Waals surface area contributed by atoms with E-state index in [9.17, 15) is 9.59 Å². The van der Waals surface area contributed by atoms with Crippen LogP contribution in [-0.2, 0) is 23.8 Å². The summed E-state index contributed by atoms with van der Waals surface area (Å²) >= 11 is 17.0. The summed E-state index contributed by atoms with van der Waals surface area (Å²) in [5.74, 6) is 0.876. The first-order valence-corrected chi connectivity index (χ1v) is 13.2. The summed E-state index contributed by atoms with van der Waals surface area (Å²) in [6.07, 6.45) is 1.58. The molecule has 0 bridgehead atoms. The number of ether oxygens (including phenoxy) is 3. The van der Waals surface area contributed by atoms with E-state index in [0.29, 0.717) is 50.9 Å². The number of halogens is 3. The lowest BCUT2D eigenvalue weighted by Crippen LogP contribution is -2.55. The fourth-order valence-corrected chi connectivity index (χ4v) is 3.46. The van der Waals surface area contributed by atoms with Crippen molar-refractivity contribution in [1.29, 1.82) is 0 Å².